The fourth-order valence-electron chi connectivity index (χ4n) is 5.37. The van der Waals surface area contributed by atoms with Crippen LogP contribution in [0.25, 0.3) is 43.7 Å². The molecule has 1 aliphatic heterocycles. The molecule has 0 amide bonds. The Hall–Kier alpha value is -4.90. The van der Waals surface area contributed by atoms with Gasteiger partial charge in [-0.05, 0) is 41.1 Å². The maximum Gasteiger partial charge on any atom is 0.162 e. The van der Waals surface area contributed by atoms with Crippen LogP contribution in [0.2, 0.25) is 0 Å². The van der Waals surface area contributed by atoms with Crippen molar-refractivity contribution < 1.29 is 8.83 Å². The molecular weight excluding hydrogens is 446 g/mol. The van der Waals surface area contributed by atoms with Crippen molar-refractivity contribution in [1.82, 2.24) is 4.98 Å². The van der Waals surface area contributed by atoms with Gasteiger partial charge in [0, 0.05) is 34.4 Å². The number of furan rings is 2. The van der Waals surface area contributed by atoms with E-state index >= 15 is 0 Å². The number of hydrogen-bond donors (Lipinski definition) is 0. The molecule has 0 spiro atoms. The summed E-state index contributed by atoms with van der Waals surface area (Å²) < 4.78 is 12.6. The van der Waals surface area contributed by atoms with E-state index < -0.39 is 0 Å². The molecule has 0 fully saturated rings. The normalized spacial score (nSPS) is 12.8. The number of para-hydroxylation sites is 1. The fourth-order valence-corrected chi connectivity index (χ4v) is 5.37. The molecule has 170 valence electrons. The molecule has 0 bridgehead atoms. The number of nitrogens with zero attached hydrogens (tertiary/aromatic N) is 3. The maximum absolute atomic E-state index is 6.45. The second-order valence-corrected chi connectivity index (χ2v) is 9.06. The molecule has 7 aromatic rings. The van der Waals surface area contributed by atoms with Crippen LogP contribution >= 0.6 is 0 Å². The number of fused-ring (bicyclic) bond motifs is 7. The zero-order chi connectivity index (χ0) is 23.6. The Labute approximate surface area is 205 Å². The second-order valence-electron chi connectivity index (χ2n) is 9.06. The van der Waals surface area contributed by atoms with Crippen molar-refractivity contribution in [3.63, 3.8) is 0 Å². The molecule has 0 saturated carbocycles. The largest absolute Gasteiger partial charge is 0.458 e. The van der Waals surface area contributed by atoms with E-state index in [1.54, 1.807) is 0 Å². The van der Waals surface area contributed by atoms with E-state index in [4.69, 9.17) is 8.83 Å². The van der Waals surface area contributed by atoms with Gasteiger partial charge in [-0.25, -0.2) is 0 Å². The van der Waals surface area contributed by atoms with E-state index in [1.165, 1.54) is 5.39 Å². The minimum absolute atomic E-state index is 0.570. The molecule has 0 unspecified atom stereocenters. The van der Waals surface area contributed by atoms with Crippen molar-refractivity contribution in [2.45, 2.75) is 6.54 Å². The van der Waals surface area contributed by atoms with Crippen LogP contribution < -0.4 is 4.90 Å². The first-order valence-electron chi connectivity index (χ1n) is 11.9. The lowest BCUT2D eigenvalue weighted by atomic mass is 10.1. The van der Waals surface area contributed by atoms with Crippen molar-refractivity contribution in [1.29, 1.82) is 0 Å². The minimum atomic E-state index is 0.570. The number of hydrogen-bond acceptors (Lipinski definition) is 5. The molecule has 0 radical (unpaired) electrons. The molecule has 5 heteroatoms. The maximum atomic E-state index is 6.45. The van der Waals surface area contributed by atoms with Gasteiger partial charge in [0.25, 0.3) is 0 Å². The third-order valence-corrected chi connectivity index (χ3v) is 7.00. The summed E-state index contributed by atoms with van der Waals surface area (Å²) >= 11 is 0. The van der Waals surface area contributed by atoms with Gasteiger partial charge in [-0.3, -0.25) is 9.98 Å². The van der Waals surface area contributed by atoms with E-state index in [1.807, 2.05) is 48.9 Å². The van der Waals surface area contributed by atoms with E-state index in [2.05, 4.69) is 69.5 Å². The van der Waals surface area contributed by atoms with E-state index in [9.17, 15) is 0 Å². The van der Waals surface area contributed by atoms with Crippen LogP contribution in [0.4, 0.5) is 17.1 Å². The van der Waals surface area contributed by atoms with Gasteiger partial charge >= 0.3 is 0 Å². The van der Waals surface area contributed by atoms with Gasteiger partial charge in [0.15, 0.2) is 5.58 Å². The molecule has 5 nitrogen and oxygen atoms in total. The van der Waals surface area contributed by atoms with Crippen molar-refractivity contribution in [2.24, 2.45) is 4.99 Å². The first-order valence-corrected chi connectivity index (χ1v) is 11.9. The number of benzene rings is 4. The Bertz CT molecular complexity index is 2000. The Morgan fingerprint density at radius 2 is 1.56 bits per heavy atom. The van der Waals surface area contributed by atoms with Crippen molar-refractivity contribution in [3.8, 4) is 0 Å². The van der Waals surface area contributed by atoms with Crippen LogP contribution in [0.15, 0.2) is 111 Å². The van der Waals surface area contributed by atoms with Gasteiger partial charge in [0.05, 0.1) is 23.8 Å². The topological polar surface area (TPSA) is 54.8 Å². The highest BCUT2D eigenvalue weighted by Gasteiger charge is 2.26. The summed E-state index contributed by atoms with van der Waals surface area (Å²) in [6.07, 6.45) is 5.68. The third kappa shape index (κ3) is 2.71. The quantitative estimate of drug-likeness (QED) is 0.263. The van der Waals surface area contributed by atoms with Gasteiger partial charge in [-0.2, -0.15) is 0 Å². The van der Waals surface area contributed by atoms with Crippen molar-refractivity contribution in [3.05, 3.63) is 109 Å². The number of anilines is 3. The Morgan fingerprint density at radius 3 is 2.53 bits per heavy atom. The Kier molecular flexibility index (Phi) is 3.93. The predicted molar refractivity (Wildman–Crippen MR) is 145 cm³/mol. The predicted octanol–water partition coefficient (Wildman–Crippen LogP) is 8.28. The highest BCUT2D eigenvalue weighted by Crippen LogP contribution is 2.46. The van der Waals surface area contributed by atoms with Crippen LogP contribution in [0.3, 0.4) is 0 Å². The average molecular weight is 466 g/mol. The summed E-state index contributed by atoms with van der Waals surface area (Å²) in [5.41, 5.74) is 6.41. The zero-order valence-corrected chi connectivity index (χ0v) is 19.2. The van der Waals surface area contributed by atoms with Gasteiger partial charge in [0.2, 0.25) is 0 Å². The average Bonchev–Trinajstić information content (AvgIpc) is 3.62. The highest BCUT2D eigenvalue weighted by atomic mass is 16.3. The lowest BCUT2D eigenvalue weighted by molar-refractivity contribution is 0.557. The number of aromatic nitrogens is 1. The third-order valence-electron chi connectivity index (χ3n) is 7.00. The zero-order valence-electron chi connectivity index (χ0n) is 19.2. The molecule has 0 N–H and O–H groups in total. The molecular formula is C31H19N3O2. The van der Waals surface area contributed by atoms with Crippen molar-refractivity contribution >= 4 is 67.0 Å². The fraction of sp³-hybridized carbons (Fsp3) is 0.0323. The first-order chi connectivity index (χ1) is 17.8. The Balaban J connectivity index is 1.48. The van der Waals surface area contributed by atoms with Gasteiger partial charge in [0.1, 0.15) is 22.6 Å². The minimum Gasteiger partial charge on any atom is -0.458 e. The summed E-state index contributed by atoms with van der Waals surface area (Å²) in [5.74, 6) is 0.899. The van der Waals surface area contributed by atoms with Gasteiger partial charge in [-0.15, -0.1) is 0 Å². The Morgan fingerprint density at radius 1 is 0.694 bits per heavy atom. The summed E-state index contributed by atoms with van der Waals surface area (Å²) in [7, 11) is 0. The summed E-state index contributed by atoms with van der Waals surface area (Å²) in [5, 5.41) is 5.43. The van der Waals surface area contributed by atoms with Crippen LogP contribution in [-0.2, 0) is 6.54 Å². The van der Waals surface area contributed by atoms with Crippen LogP contribution in [-0.4, -0.2) is 11.2 Å². The molecule has 1 aliphatic rings. The summed E-state index contributed by atoms with van der Waals surface area (Å²) in [6, 6.07) is 29.2. The SMILES string of the molecule is C1=NCc2oc3cccc(N(c4ccc5ccccc5c4)c4cncc5c4oc4ccccc45)c3c21. The molecule has 0 saturated heterocycles. The van der Waals surface area contributed by atoms with Gasteiger partial charge in [-0.1, -0.05) is 54.6 Å². The van der Waals surface area contributed by atoms with Crippen LogP contribution in [0.1, 0.15) is 11.3 Å². The van der Waals surface area contributed by atoms with E-state index in [-0.39, 0.29) is 0 Å². The smallest absolute Gasteiger partial charge is 0.162 e. The van der Waals surface area contributed by atoms with Crippen LogP contribution in [0.5, 0.6) is 0 Å². The summed E-state index contributed by atoms with van der Waals surface area (Å²) in [6.45, 7) is 0.570. The number of rotatable bonds is 3. The number of aliphatic imine (C=N–C) groups is 1. The first kappa shape index (κ1) is 19.4. The second kappa shape index (κ2) is 7.30. The van der Waals surface area contributed by atoms with E-state index in [0.717, 1.165) is 66.7 Å². The number of pyridine rings is 1. The molecule has 0 atom stereocenters. The van der Waals surface area contributed by atoms with Gasteiger partial charge < -0.3 is 13.7 Å². The lowest BCUT2D eigenvalue weighted by Gasteiger charge is -2.26. The van der Waals surface area contributed by atoms with E-state index in [0.29, 0.717) is 6.54 Å². The molecule has 4 aromatic carbocycles. The standard InChI is InChI=1S/C31H19N3O2/c1-2-7-20-14-21(13-12-19(20)6-1)34(25-9-5-11-28-30(25)24-16-33-18-29(24)35-28)26-17-32-15-23-22-8-3-4-10-27(22)36-31(23)26/h1-17H,18H2. The molecule has 3 aromatic heterocycles. The summed E-state index contributed by atoms with van der Waals surface area (Å²) in [4.78, 5) is 11.3. The molecule has 0 aliphatic carbocycles. The lowest BCUT2D eigenvalue weighted by Crippen LogP contribution is -2.11. The molecule has 4 heterocycles. The van der Waals surface area contributed by atoms with Crippen LogP contribution in [0, 0.1) is 0 Å². The molecule has 36 heavy (non-hydrogen) atoms. The monoisotopic (exact) mass is 465 g/mol. The van der Waals surface area contributed by atoms with Crippen molar-refractivity contribution in [2.75, 3.05) is 4.90 Å². The molecule has 8 rings (SSSR count). The highest BCUT2D eigenvalue weighted by molar-refractivity contribution is 6.13.